The van der Waals surface area contributed by atoms with Gasteiger partial charge in [0.15, 0.2) is 0 Å². The molecule has 1 aromatic rings. The van der Waals surface area contributed by atoms with E-state index in [2.05, 4.69) is 23.8 Å². The van der Waals surface area contributed by atoms with Crippen LogP contribution in [0.15, 0.2) is 12.1 Å². The molecule has 0 spiro atoms. The maximum atomic E-state index is 12.4. The summed E-state index contributed by atoms with van der Waals surface area (Å²) < 4.78 is 0. The zero-order chi connectivity index (χ0) is 14.5. The predicted molar refractivity (Wildman–Crippen MR) is 82.9 cm³/mol. The number of likely N-dealkylation sites (tertiary alicyclic amines) is 1. The molecule has 0 saturated carbocycles. The Kier molecular flexibility index (Phi) is 5.18. The molecule has 1 aliphatic heterocycles. The number of amides is 1. The fourth-order valence-electron chi connectivity index (χ4n) is 2.46. The van der Waals surface area contributed by atoms with E-state index >= 15 is 0 Å². The van der Waals surface area contributed by atoms with Gasteiger partial charge in [0.05, 0.1) is 16.3 Å². The fraction of sp³-hybridized carbons (Fsp3) is 0.533. The van der Waals surface area contributed by atoms with Crippen molar-refractivity contribution in [2.45, 2.75) is 18.9 Å². The molecule has 1 amide bonds. The van der Waals surface area contributed by atoms with E-state index in [4.69, 9.17) is 5.73 Å². The molecule has 20 heavy (non-hydrogen) atoms. The summed E-state index contributed by atoms with van der Waals surface area (Å²) in [5.41, 5.74) is 5.35. The molecule has 108 valence electrons. The molecule has 0 aliphatic carbocycles. The van der Waals surface area contributed by atoms with Gasteiger partial charge in [-0.2, -0.15) is 0 Å². The molecule has 2 heterocycles. The zero-order valence-corrected chi connectivity index (χ0v) is 12.9. The molecular weight excluding hydrogens is 270 g/mol. The normalized spacial score (nSPS) is 18.6. The topological polar surface area (TPSA) is 49.6 Å². The van der Waals surface area contributed by atoms with Crippen LogP contribution in [0.3, 0.4) is 0 Å². The molecule has 2 N–H and O–H groups in total. The van der Waals surface area contributed by atoms with Gasteiger partial charge >= 0.3 is 0 Å². The molecule has 1 fully saturated rings. The number of carbonyl (C=O) groups excluding carboxylic acids is 1. The van der Waals surface area contributed by atoms with Crippen molar-refractivity contribution < 1.29 is 4.79 Å². The van der Waals surface area contributed by atoms with Crippen molar-refractivity contribution in [3.8, 4) is 11.8 Å². The Hall–Kier alpha value is -1.35. The van der Waals surface area contributed by atoms with Crippen molar-refractivity contribution in [3.63, 3.8) is 0 Å². The smallest absolute Gasteiger partial charge is 0.263 e. The number of thiophene rings is 1. The van der Waals surface area contributed by atoms with E-state index in [1.807, 2.05) is 24.1 Å². The molecule has 5 heteroatoms. The van der Waals surface area contributed by atoms with Gasteiger partial charge in [-0.3, -0.25) is 4.79 Å². The van der Waals surface area contributed by atoms with Crippen LogP contribution in [0, 0.1) is 11.8 Å². The molecule has 1 aliphatic rings. The number of nitrogens with two attached hydrogens (primary N) is 1. The zero-order valence-electron chi connectivity index (χ0n) is 12.1. The number of rotatable bonds is 3. The molecule has 2 rings (SSSR count). The summed E-state index contributed by atoms with van der Waals surface area (Å²) in [4.78, 5) is 18.2. The first-order chi connectivity index (χ1) is 9.61. The summed E-state index contributed by atoms with van der Waals surface area (Å²) in [6.45, 7) is 2.26. The Morgan fingerprint density at radius 1 is 1.60 bits per heavy atom. The van der Waals surface area contributed by atoms with Crippen LogP contribution in [-0.2, 0) is 0 Å². The van der Waals surface area contributed by atoms with E-state index in [1.54, 1.807) is 0 Å². The van der Waals surface area contributed by atoms with Crippen molar-refractivity contribution in [2.75, 3.05) is 33.7 Å². The summed E-state index contributed by atoms with van der Waals surface area (Å²) >= 11 is 1.43. The Labute approximate surface area is 124 Å². The van der Waals surface area contributed by atoms with Gasteiger partial charge < -0.3 is 15.5 Å². The Morgan fingerprint density at radius 3 is 3.05 bits per heavy atom. The summed E-state index contributed by atoms with van der Waals surface area (Å²) in [6, 6.07) is 4.22. The molecule has 1 saturated heterocycles. The minimum absolute atomic E-state index is 0.0797. The van der Waals surface area contributed by atoms with Crippen molar-refractivity contribution in [2.24, 2.45) is 5.73 Å². The standard InChI is InChI=1S/C15H21N3OS/c1-17-10-4-5-12(17)11-18(2)15(19)14-8-7-13(20-14)6-3-9-16/h7-8,12H,4-5,9-11,16H2,1-2H3. The van der Waals surface area contributed by atoms with Crippen molar-refractivity contribution in [1.29, 1.82) is 0 Å². The highest BCUT2D eigenvalue weighted by molar-refractivity contribution is 7.14. The van der Waals surface area contributed by atoms with Crippen LogP contribution in [0.1, 0.15) is 27.4 Å². The van der Waals surface area contributed by atoms with Crippen LogP contribution in [0.5, 0.6) is 0 Å². The van der Waals surface area contributed by atoms with Gasteiger partial charge in [0.2, 0.25) is 0 Å². The number of hydrogen-bond donors (Lipinski definition) is 1. The molecule has 0 bridgehead atoms. The number of hydrogen-bond acceptors (Lipinski definition) is 4. The molecule has 0 aromatic carbocycles. The first-order valence-corrected chi connectivity index (χ1v) is 7.68. The van der Waals surface area contributed by atoms with Gasteiger partial charge in [0.25, 0.3) is 5.91 Å². The highest BCUT2D eigenvalue weighted by Crippen LogP contribution is 2.19. The predicted octanol–water partition coefficient (Wildman–Crippen LogP) is 1.22. The molecule has 4 nitrogen and oxygen atoms in total. The third-order valence-corrected chi connectivity index (χ3v) is 4.62. The lowest BCUT2D eigenvalue weighted by atomic mass is 10.2. The van der Waals surface area contributed by atoms with E-state index in [0.29, 0.717) is 12.6 Å². The summed E-state index contributed by atoms with van der Waals surface area (Å²) in [7, 11) is 4.00. The Morgan fingerprint density at radius 2 is 2.40 bits per heavy atom. The average molecular weight is 291 g/mol. The summed E-state index contributed by atoms with van der Waals surface area (Å²) in [5, 5.41) is 0. The lowest BCUT2D eigenvalue weighted by molar-refractivity contribution is 0.0766. The SMILES string of the molecule is CN(CC1CCCN1C)C(=O)c1ccc(C#CCN)s1. The highest BCUT2D eigenvalue weighted by Gasteiger charge is 2.24. The lowest BCUT2D eigenvalue weighted by Crippen LogP contribution is -2.39. The van der Waals surface area contributed by atoms with Crippen LogP contribution in [-0.4, -0.2) is 55.5 Å². The van der Waals surface area contributed by atoms with Gasteiger partial charge in [-0.05, 0) is 38.6 Å². The van der Waals surface area contributed by atoms with Crippen molar-refractivity contribution in [3.05, 3.63) is 21.9 Å². The minimum Gasteiger partial charge on any atom is -0.339 e. The van der Waals surface area contributed by atoms with Gasteiger partial charge in [0, 0.05) is 19.6 Å². The maximum absolute atomic E-state index is 12.4. The molecule has 0 radical (unpaired) electrons. The highest BCUT2D eigenvalue weighted by atomic mass is 32.1. The monoisotopic (exact) mass is 291 g/mol. The third-order valence-electron chi connectivity index (χ3n) is 3.63. The van der Waals surface area contributed by atoms with Crippen LogP contribution >= 0.6 is 11.3 Å². The maximum Gasteiger partial charge on any atom is 0.263 e. The van der Waals surface area contributed by atoms with Gasteiger partial charge in [0.1, 0.15) is 0 Å². The summed E-state index contributed by atoms with van der Waals surface area (Å²) in [5.74, 6) is 5.85. The average Bonchev–Trinajstić information content (AvgIpc) is 3.05. The number of likely N-dealkylation sites (N-methyl/N-ethyl adjacent to an activating group) is 2. The molecule has 1 aromatic heterocycles. The van der Waals surface area contributed by atoms with E-state index in [0.717, 1.165) is 22.8 Å². The van der Waals surface area contributed by atoms with Crippen molar-refractivity contribution >= 4 is 17.2 Å². The van der Waals surface area contributed by atoms with Gasteiger partial charge in [-0.15, -0.1) is 11.3 Å². The third kappa shape index (κ3) is 3.60. The number of carbonyl (C=O) groups is 1. The van der Waals surface area contributed by atoms with Gasteiger partial charge in [-0.25, -0.2) is 0 Å². The second kappa shape index (κ2) is 6.89. The second-order valence-electron chi connectivity index (χ2n) is 5.13. The summed E-state index contributed by atoms with van der Waals surface area (Å²) in [6.07, 6.45) is 2.40. The Bertz CT molecular complexity index is 529. The molecule has 1 unspecified atom stereocenters. The van der Waals surface area contributed by atoms with Gasteiger partial charge in [-0.1, -0.05) is 11.8 Å². The van der Waals surface area contributed by atoms with E-state index < -0.39 is 0 Å². The van der Waals surface area contributed by atoms with Crippen molar-refractivity contribution in [1.82, 2.24) is 9.80 Å². The largest absolute Gasteiger partial charge is 0.339 e. The first-order valence-electron chi connectivity index (χ1n) is 6.86. The first kappa shape index (κ1) is 15.0. The van der Waals surface area contributed by atoms with Crippen LogP contribution in [0.25, 0.3) is 0 Å². The van der Waals surface area contributed by atoms with Crippen LogP contribution in [0.2, 0.25) is 0 Å². The molecular formula is C15H21N3OS. The molecule has 1 atom stereocenters. The Balaban J connectivity index is 1.97. The number of nitrogens with zero attached hydrogens (tertiary/aromatic N) is 2. The van der Waals surface area contributed by atoms with Crippen LogP contribution in [0.4, 0.5) is 0 Å². The minimum atomic E-state index is 0.0797. The second-order valence-corrected chi connectivity index (χ2v) is 6.22. The fourth-order valence-corrected chi connectivity index (χ4v) is 3.33. The van der Waals surface area contributed by atoms with E-state index in [1.165, 1.54) is 24.2 Å². The van der Waals surface area contributed by atoms with E-state index in [9.17, 15) is 4.79 Å². The van der Waals surface area contributed by atoms with E-state index in [-0.39, 0.29) is 5.91 Å². The van der Waals surface area contributed by atoms with Crippen LogP contribution < -0.4 is 5.73 Å². The lowest BCUT2D eigenvalue weighted by Gasteiger charge is -2.25. The quantitative estimate of drug-likeness (QED) is 0.852.